The Hall–Kier alpha value is -0.190. The van der Waals surface area contributed by atoms with E-state index >= 15 is 0 Å². The molecule has 0 bridgehead atoms. The summed E-state index contributed by atoms with van der Waals surface area (Å²) in [5.74, 6) is 0. The van der Waals surface area contributed by atoms with Crippen LogP contribution in [0.3, 0.4) is 0 Å². The molecule has 0 aromatic heterocycles. The number of rotatable bonds is 3. The molecule has 1 atom stereocenters. The number of nitrogens with zero attached hydrogens (tertiary/aromatic N) is 1. The Balaban J connectivity index is 2.46. The van der Waals surface area contributed by atoms with Crippen LogP contribution in [-0.4, -0.2) is 38.6 Å². The van der Waals surface area contributed by atoms with Crippen LogP contribution in [0.15, 0.2) is 12.7 Å². The van der Waals surface area contributed by atoms with Gasteiger partial charge in [0.05, 0.1) is 16.6 Å². The molecule has 1 aliphatic rings. The lowest BCUT2D eigenvalue weighted by Gasteiger charge is -2.36. The number of hydrogen-bond acceptors (Lipinski definition) is 2. The van der Waals surface area contributed by atoms with Gasteiger partial charge in [0.2, 0.25) is 0 Å². The second-order valence-corrected chi connectivity index (χ2v) is 4.93. The molecule has 1 N–H and O–H groups in total. The Morgan fingerprint density at radius 2 is 2.15 bits per heavy atom. The smallest absolute Gasteiger partial charge is 0.0910 e. The first-order valence-corrected chi connectivity index (χ1v) is 6.01. The van der Waals surface area contributed by atoms with Gasteiger partial charge in [0.1, 0.15) is 0 Å². The molecule has 0 spiro atoms. The molecule has 1 unspecified atom stereocenters. The lowest BCUT2D eigenvalue weighted by molar-refractivity contribution is -0.00115. The highest BCUT2D eigenvalue weighted by Gasteiger charge is 2.31. The maximum atomic E-state index is 11.1. The molecular formula is C9H17NO2S. The predicted molar refractivity (Wildman–Crippen MR) is 54.6 cm³/mol. The summed E-state index contributed by atoms with van der Waals surface area (Å²) in [6, 6.07) is 0. The van der Waals surface area contributed by atoms with Gasteiger partial charge in [-0.2, -0.15) is 0 Å². The van der Waals surface area contributed by atoms with Crippen molar-refractivity contribution in [1.29, 1.82) is 0 Å². The van der Waals surface area contributed by atoms with Crippen LogP contribution >= 0.6 is 0 Å². The average molecular weight is 203 g/mol. The summed E-state index contributed by atoms with van der Waals surface area (Å²) in [7, 11) is -0.893. The molecule has 1 heterocycles. The van der Waals surface area contributed by atoms with Gasteiger partial charge in [-0.25, -0.2) is 8.51 Å². The van der Waals surface area contributed by atoms with E-state index in [0.29, 0.717) is 32.4 Å². The van der Waals surface area contributed by atoms with Crippen molar-refractivity contribution >= 4 is 11.0 Å². The van der Waals surface area contributed by atoms with Crippen LogP contribution in [0.5, 0.6) is 0 Å². The van der Waals surface area contributed by atoms with Gasteiger partial charge in [-0.05, 0) is 19.3 Å². The zero-order valence-corrected chi connectivity index (χ0v) is 8.85. The fourth-order valence-electron chi connectivity index (χ4n) is 1.63. The summed E-state index contributed by atoms with van der Waals surface area (Å²) in [5, 5.41) is 9.97. The predicted octanol–water partition coefficient (Wildman–Crippen LogP) is 0.683. The molecule has 1 fully saturated rings. The maximum absolute atomic E-state index is 11.1. The third-order valence-corrected chi connectivity index (χ3v) is 3.63. The molecule has 0 amide bonds. The van der Waals surface area contributed by atoms with Gasteiger partial charge in [-0.15, -0.1) is 6.58 Å². The third-order valence-electron chi connectivity index (χ3n) is 2.54. The first-order chi connectivity index (χ1) is 6.07. The van der Waals surface area contributed by atoms with Crippen LogP contribution in [0, 0.1) is 0 Å². The Morgan fingerprint density at radius 1 is 1.62 bits per heavy atom. The third kappa shape index (κ3) is 2.90. The van der Waals surface area contributed by atoms with Gasteiger partial charge in [0.25, 0.3) is 0 Å². The van der Waals surface area contributed by atoms with Crippen molar-refractivity contribution in [2.24, 2.45) is 0 Å². The van der Waals surface area contributed by atoms with Crippen molar-refractivity contribution in [3.63, 3.8) is 0 Å². The van der Waals surface area contributed by atoms with Gasteiger partial charge in [-0.1, -0.05) is 6.08 Å². The summed E-state index contributed by atoms with van der Waals surface area (Å²) in [6.45, 7) is 5.05. The SMILES string of the molecule is C=CCC1(O)CCN(S(C)=O)CC1. The lowest BCUT2D eigenvalue weighted by atomic mass is 9.89. The molecule has 0 aromatic rings. The topological polar surface area (TPSA) is 40.5 Å². The largest absolute Gasteiger partial charge is 0.389 e. The van der Waals surface area contributed by atoms with Crippen LogP contribution < -0.4 is 0 Å². The van der Waals surface area contributed by atoms with E-state index in [0.717, 1.165) is 0 Å². The van der Waals surface area contributed by atoms with Crippen molar-refractivity contribution in [2.45, 2.75) is 24.9 Å². The summed E-state index contributed by atoms with van der Waals surface area (Å²) in [4.78, 5) is 0. The fourth-order valence-corrected chi connectivity index (χ4v) is 2.33. The second-order valence-electron chi connectivity index (χ2n) is 3.57. The zero-order valence-electron chi connectivity index (χ0n) is 8.03. The molecule has 3 nitrogen and oxygen atoms in total. The van der Waals surface area contributed by atoms with Crippen molar-refractivity contribution in [2.75, 3.05) is 19.3 Å². The summed E-state index contributed by atoms with van der Waals surface area (Å²) < 4.78 is 13.0. The fraction of sp³-hybridized carbons (Fsp3) is 0.778. The van der Waals surface area contributed by atoms with E-state index in [-0.39, 0.29) is 0 Å². The number of piperidine rings is 1. The van der Waals surface area contributed by atoms with Crippen LogP contribution in [0.4, 0.5) is 0 Å². The Bertz CT molecular complexity index is 210. The molecule has 4 heteroatoms. The van der Waals surface area contributed by atoms with Gasteiger partial charge in [0, 0.05) is 19.3 Å². The van der Waals surface area contributed by atoms with Crippen molar-refractivity contribution in [3.8, 4) is 0 Å². The summed E-state index contributed by atoms with van der Waals surface area (Å²) in [6.07, 6.45) is 5.45. The van der Waals surface area contributed by atoms with Gasteiger partial charge >= 0.3 is 0 Å². The molecule has 0 saturated carbocycles. The highest BCUT2D eigenvalue weighted by Crippen LogP contribution is 2.26. The quantitative estimate of drug-likeness (QED) is 0.685. The van der Waals surface area contributed by atoms with Crippen LogP contribution in [0.25, 0.3) is 0 Å². The highest BCUT2D eigenvalue weighted by molar-refractivity contribution is 7.81. The normalized spacial score (nSPS) is 25.4. The standard InChI is InChI=1S/C9H17NO2S/c1-3-4-9(11)5-7-10(8-6-9)13(2)12/h3,11H,1,4-8H2,2H3. The van der Waals surface area contributed by atoms with Gasteiger partial charge in [0.15, 0.2) is 0 Å². The second kappa shape index (κ2) is 4.35. The number of hydrogen-bond donors (Lipinski definition) is 1. The lowest BCUT2D eigenvalue weighted by Crippen LogP contribution is -2.44. The molecule has 0 aromatic carbocycles. The summed E-state index contributed by atoms with van der Waals surface area (Å²) >= 11 is 0. The number of aliphatic hydroxyl groups is 1. The molecule has 0 radical (unpaired) electrons. The van der Waals surface area contributed by atoms with E-state index in [9.17, 15) is 9.32 Å². The van der Waals surface area contributed by atoms with Crippen molar-refractivity contribution < 1.29 is 9.32 Å². The average Bonchev–Trinajstić information content (AvgIpc) is 2.05. The first-order valence-electron chi connectivity index (χ1n) is 4.49. The molecule has 76 valence electrons. The minimum absolute atomic E-state index is 0.600. The zero-order chi connectivity index (χ0) is 9.90. The van der Waals surface area contributed by atoms with E-state index in [4.69, 9.17) is 0 Å². The summed E-state index contributed by atoms with van der Waals surface area (Å²) in [5.41, 5.74) is -0.600. The van der Waals surface area contributed by atoms with E-state index in [1.165, 1.54) is 0 Å². The van der Waals surface area contributed by atoms with E-state index in [2.05, 4.69) is 6.58 Å². The minimum Gasteiger partial charge on any atom is -0.389 e. The molecule has 13 heavy (non-hydrogen) atoms. The monoisotopic (exact) mass is 203 g/mol. The molecular weight excluding hydrogens is 186 g/mol. The first kappa shape index (κ1) is 10.9. The minimum atomic E-state index is -0.893. The Morgan fingerprint density at radius 3 is 2.54 bits per heavy atom. The van der Waals surface area contributed by atoms with Gasteiger partial charge in [-0.3, -0.25) is 0 Å². The van der Waals surface area contributed by atoms with Crippen LogP contribution in [0.1, 0.15) is 19.3 Å². The highest BCUT2D eigenvalue weighted by atomic mass is 32.2. The molecule has 1 saturated heterocycles. The van der Waals surface area contributed by atoms with Crippen molar-refractivity contribution in [1.82, 2.24) is 4.31 Å². The van der Waals surface area contributed by atoms with E-state index in [1.54, 1.807) is 12.3 Å². The molecule has 0 aliphatic carbocycles. The van der Waals surface area contributed by atoms with E-state index < -0.39 is 16.6 Å². The van der Waals surface area contributed by atoms with Crippen LogP contribution in [-0.2, 0) is 11.0 Å². The maximum Gasteiger partial charge on any atom is 0.0910 e. The van der Waals surface area contributed by atoms with Crippen LogP contribution in [0.2, 0.25) is 0 Å². The van der Waals surface area contributed by atoms with Crippen molar-refractivity contribution in [3.05, 3.63) is 12.7 Å². The Labute approximate surface area is 82.0 Å². The molecule has 1 rings (SSSR count). The molecule has 1 aliphatic heterocycles. The van der Waals surface area contributed by atoms with Gasteiger partial charge < -0.3 is 5.11 Å². The van der Waals surface area contributed by atoms with E-state index in [1.807, 2.05) is 4.31 Å². The Kier molecular flexibility index (Phi) is 3.64.